The lowest BCUT2D eigenvalue weighted by Gasteiger charge is -2.33. The van der Waals surface area contributed by atoms with Gasteiger partial charge in [-0.3, -0.25) is 9.59 Å². The molecule has 0 bridgehead atoms. The Morgan fingerprint density at radius 3 is 2.57 bits per heavy atom. The number of methoxy groups -OCH3 is 2. The van der Waals surface area contributed by atoms with Crippen molar-refractivity contribution in [2.45, 2.75) is 45.4 Å². The standard InChI is InChI=1S/C29H32N6O6S/c1-29(2,3)30-28(37)26(24-7-6-12-42-24)34(15-18-8-10-21-23(13-18)41-17-40-21)25(36)16-35-32-27(31-33-35)19-9-11-20(38-4)22(14-19)39-5/h6-14,26H,15-17H2,1-5H3,(H,30,37)/t26-/m1/s1. The lowest BCUT2D eigenvalue weighted by Crippen LogP contribution is -2.49. The predicted octanol–water partition coefficient (Wildman–Crippen LogP) is 3.83. The molecule has 1 aliphatic rings. The summed E-state index contributed by atoms with van der Waals surface area (Å²) < 4.78 is 21.7. The minimum atomic E-state index is -0.893. The Morgan fingerprint density at radius 1 is 1.07 bits per heavy atom. The number of thiophene rings is 1. The molecule has 12 nitrogen and oxygen atoms in total. The maximum Gasteiger partial charge on any atom is 0.248 e. The molecule has 0 spiro atoms. The van der Waals surface area contributed by atoms with Crippen LogP contribution in [0.1, 0.15) is 37.3 Å². The van der Waals surface area contributed by atoms with E-state index in [2.05, 4.69) is 20.7 Å². The van der Waals surface area contributed by atoms with E-state index in [1.54, 1.807) is 38.5 Å². The fraction of sp³-hybridized carbons (Fsp3) is 0.345. The number of ether oxygens (including phenoxy) is 4. The normalized spacial score (nSPS) is 13.0. The van der Waals surface area contributed by atoms with Gasteiger partial charge >= 0.3 is 0 Å². The van der Waals surface area contributed by atoms with E-state index in [1.165, 1.54) is 21.0 Å². The summed E-state index contributed by atoms with van der Waals surface area (Å²) in [6.45, 7) is 5.72. The van der Waals surface area contributed by atoms with Crippen LogP contribution in [-0.4, -0.2) is 63.5 Å². The van der Waals surface area contributed by atoms with Crippen molar-refractivity contribution in [2.24, 2.45) is 0 Å². The summed E-state index contributed by atoms with van der Waals surface area (Å²) in [7, 11) is 3.09. The summed E-state index contributed by atoms with van der Waals surface area (Å²) in [5, 5.41) is 17.6. The van der Waals surface area contributed by atoms with Gasteiger partial charge in [-0.1, -0.05) is 12.1 Å². The third kappa shape index (κ3) is 6.46. The van der Waals surface area contributed by atoms with Crippen molar-refractivity contribution in [1.82, 2.24) is 30.4 Å². The van der Waals surface area contributed by atoms with Crippen molar-refractivity contribution in [1.29, 1.82) is 0 Å². The smallest absolute Gasteiger partial charge is 0.248 e. The van der Waals surface area contributed by atoms with Crippen LogP contribution < -0.4 is 24.3 Å². The Labute approximate surface area is 247 Å². The van der Waals surface area contributed by atoms with E-state index >= 15 is 0 Å². The Balaban J connectivity index is 1.46. The average Bonchev–Trinajstić information content (AvgIpc) is 3.73. The van der Waals surface area contributed by atoms with Gasteiger partial charge in [0.1, 0.15) is 12.6 Å². The van der Waals surface area contributed by atoms with E-state index < -0.39 is 11.6 Å². The number of amides is 2. The fourth-order valence-electron chi connectivity index (χ4n) is 4.48. The first-order valence-electron chi connectivity index (χ1n) is 13.2. The number of hydrogen-bond acceptors (Lipinski definition) is 10. The van der Waals surface area contributed by atoms with Gasteiger partial charge in [0.15, 0.2) is 23.0 Å². The number of rotatable bonds is 10. The van der Waals surface area contributed by atoms with Crippen molar-refractivity contribution in [2.75, 3.05) is 21.0 Å². The number of nitrogens with zero attached hydrogens (tertiary/aromatic N) is 5. The highest BCUT2D eigenvalue weighted by atomic mass is 32.1. The average molecular weight is 593 g/mol. The molecule has 0 fully saturated rings. The molecule has 0 aliphatic carbocycles. The molecule has 2 aromatic heterocycles. The van der Waals surface area contributed by atoms with E-state index in [4.69, 9.17) is 18.9 Å². The summed E-state index contributed by atoms with van der Waals surface area (Å²) >= 11 is 1.40. The molecule has 0 saturated carbocycles. The molecule has 2 amide bonds. The summed E-state index contributed by atoms with van der Waals surface area (Å²) in [4.78, 5) is 31.2. The van der Waals surface area contributed by atoms with Crippen LogP contribution in [0.15, 0.2) is 53.9 Å². The number of aromatic nitrogens is 4. The number of benzene rings is 2. The van der Waals surface area contributed by atoms with Gasteiger partial charge in [-0.25, -0.2) is 0 Å². The van der Waals surface area contributed by atoms with Crippen LogP contribution in [0.3, 0.4) is 0 Å². The zero-order chi connectivity index (χ0) is 29.9. The molecular weight excluding hydrogens is 560 g/mol. The van der Waals surface area contributed by atoms with Crippen LogP contribution in [-0.2, 0) is 22.7 Å². The van der Waals surface area contributed by atoms with Gasteiger partial charge in [-0.05, 0) is 73.3 Å². The van der Waals surface area contributed by atoms with Crippen LogP contribution in [0.4, 0.5) is 0 Å². The minimum absolute atomic E-state index is 0.132. The summed E-state index contributed by atoms with van der Waals surface area (Å²) in [5.41, 5.74) is 0.904. The van der Waals surface area contributed by atoms with E-state index in [9.17, 15) is 9.59 Å². The summed E-state index contributed by atoms with van der Waals surface area (Å²) in [6.07, 6.45) is 0. The van der Waals surface area contributed by atoms with E-state index in [1.807, 2.05) is 50.4 Å². The van der Waals surface area contributed by atoms with Crippen LogP contribution in [0.25, 0.3) is 11.4 Å². The van der Waals surface area contributed by atoms with Crippen LogP contribution in [0.5, 0.6) is 23.0 Å². The summed E-state index contributed by atoms with van der Waals surface area (Å²) in [6, 6.07) is 13.5. The minimum Gasteiger partial charge on any atom is -0.493 e. The van der Waals surface area contributed by atoms with Gasteiger partial charge in [0.05, 0.1) is 14.2 Å². The molecular formula is C29H32N6O6S. The van der Waals surface area contributed by atoms with Crippen LogP contribution in [0.2, 0.25) is 0 Å². The number of carbonyl (C=O) groups is 2. The maximum atomic E-state index is 14.0. The molecule has 3 heterocycles. The Hall–Kier alpha value is -4.65. The first-order valence-corrected chi connectivity index (χ1v) is 14.1. The van der Waals surface area contributed by atoms with Gasteiger partial charge in [-0.2, -0.15) is 4.80 Å². The van der Waals surface area contributed by atoms with Crippen molar-refractivity contribution < 1.29 is 28.5 Å². The first kappa shape index (κ1) is 28.9. The van der Waals surface area contributed by atoms with Crippen molar-refractivity contribution in [3.63, 3.8) is 0 Å². The molecule has 0 unspecified atom stereocenters. The SMILES string of the molecule is COc1ccc(-c2nnn(CC(=O)N(Cc3ccc4c(c3)OCO4)[C@@H](C(=O)NC(C)(C)C)c3cccs3)n2)cc1OC. The second kappa shape index (κ2) is 12.1. The second-order valence-corrected chi connectivity index (χ2v) is 11.6. The van der Waals surface area contributed by atoms with Crippen LogP contribution in [0, 0.1) is 0 Å². The molecule has 220 valence electrons. The maximum absolute atomic E-state index is 14.0. The highest BCUT2D eigenvalue weighted by Gasteiger charge is 2.35. The molecule has 5 rings (SSSR count). The molecule has 0 radical (unpaired) electrons. The van der Waals surface area contributed by atoms with Gasteiger partial charge in [0, 0.05) is 22.5 Å². The number of nitrogens with one attached hydrogen (secondary N) is 1. The summed E-state index contributed by atoms with van der Waals surface area (Å²) in [5.74, 6) is 1.95. The lowest BCUT2D eigenvalue weighted by atomic mass is 10.1. The number of hydrogen-bond donors (Lipinski definition) is 1. The largest absolute Gasteiger partial charge is 0.493 e. The van der Waals surface area contributed by atoms with Crippen LogP contribution >= 0.6 is 11.3 Å². The fourth-order valence-corrected chi connectivity index (χ4v) is 5.32. The van der Waals surface area contributed by atoms with Gasteiger partial charge in [-0.15, -0.1) is 21.5 Å². The Bertz CT molecular complexity index is 1570. The topological polar surface area (TPSA) is 130 Å². The van der Waals surface area contributed by atoms with E-state index in [-0.39, 0.29) is 31.7 Å². The van der Waals surface area contributed by atoms with Gasteiger partial charge in [0.25, 0.3) is 0 Å². The van der Waals surface area contributed by atoms with Crippen molar-refractivity contribution in [3.8, 4) is 34.4 Å². The highest BCUT2D eigenvalue weighted by Crippen LogP contribution is 2.35. The molecule has 1 N–H and O–H groups in total. The monoisotopic (exact) mass is 592 g/mol. The van der Waals surface area contributed by atoms with Crippen molar-refractivity contribution in [3.05, 3.63) is 64.4 Å². The van der Waals surface area contributed by atoms with E-state index in [0.717, 1.165) is 10.4 Å². The van der Waals surface area contributed by atoms with Gasteiger partial charge < -0.3 is 29.2 Å². The quantitative estimate of drug-likeness (QED) is 0.292. The number of tetrazole rings is 1. The molecule has 42 heavy (non-hydrogen) atoms. The second-order valence-electron chi connectivity index (χ2n) is 10.6. The molecule has 1 aliphatic heterocycles. The number of carbonyl (C=O) groups excluding carboxylic acids is 2. The highest BCUT2D eigenvalue weighted by molar-refractivity contribution is 7.10. The zero-order valence-corrected chi connectivity index (χ0v) is 24.8. The molecule has 13 heteroatoms. The third-order valence-electron chi connectivity index (χ3n) is 6.35. The predicted molar refractivity (Wildman–Crippen MR) is 154 cm³/mol. The molecule has 1 atom stereocenters. The Morgan fingerprint density at radius 2 is 1.86 bits per heavy atom. The number of fused-ring (bicyclic) bond motifs is 1. The first-order chi connectivity index (χ1) is 20.1. The third-order valence-corrected chi connectivity index (χ3v) is 7.28. The van der Waals surface area contributed by atoms with Crippen molar-refractivity contribution >= 4 is 23.2 Å². The van der Waals surface area contributed by atoms with Gasteiger partial charge in [0.2, 0.25) is 24.4 Å². The van der Waals surface area contributed by atoms with E-state index in [0.29, 0.717) is 34.4 Å². The lowest BCUT2D eigenvalue weighted by molar-refractivity contribution is -0.143. The molecule has 0 saturated heterocycles. The molecule has 4 aromatic rings. The molecule has 2 aromatic carbocycles. The zero-order valence-electron chi connectivity index (χ0n) is 24.0. The Kier molecular flexibility index (Phi) is 8.29.